The van der Waals surface area contributed by atoms with Gasteiger partial charge in [-0.3, -0.25) is 0 Å². The normalized spacial score (nSPS) is 22.9. The van der Waals surface area contributed by atoms with E-state index in [1.807, 2.05) is 4.90 Å². The van der Waals surface area contributed by atoms with E-state index in [0.29, 0.717) is 0 Å². The lowest BCUT2D eigenvalue weighted by Crippen LogP contribution is -3.13. The van der Waals surface area contributed by atoms with E-state index in [2.05, 4.69) is 13.8 Å². The lowest BCUT2D eigenvalue weighted by atomic mass is 10.0. The number of alkyl halides is 6. The first-order valence-electron chi connectivity index (χ1n) is 7.24. The highest BCUT2D eigenvalue weighted by molar-refractivity contribution is 8.13. The van der Waals surface area contributed by atoms with Crippen LogP contribution in [-0.2, 0) is 20.0 Å². The third-order valence-electron chi connectivity index (χ3n) is 3.25. The van der Waals surface area contributed by atoms with Crippen LogP contribution in [0, 0.1) is 5.92 Å². The Balaban J connectivity index is 0.000000496. The fourth-order valence-electron chi connectivity index (χ4n) is 2.19. The molecule has 2 unspecified atom stereocenters. The van der Waals surface area contributed by atoms with Crippen LogP contribution in [0.5, 0.6) is 0 Å². The van der Waals surface area contributed by atoms with Crippen LogP contribution in [0.3, 0.4) is 0 Å². The van der Waals surface area contributed by atoms with E-state index in [4.69, 9.17) is 0 Å². The molecule has 0 spiro atoms. The zero-order valence-corrected chi connectivity index (χ0v) is 15.1. The summed E-state index contributed by atoms with van der Waals surface area (Å²) in [6.45, 7) is 8.91. The Kier molecular flexibility index (Phi) is 8.65. The van der Waals surface area contributed by atoms with Crippen molar-refractivity contribution in [1.82, 2.24) is 0 Å². The minimum Gasteiger partial charge on any atom is -0.421 e. The Labute approximate surface area is 142 Å². The van der Waals surface area contributed by atoms with Gasteiger partial charge in [0.2, 0.25) is 0 Å². The molecule has 0 radical (unpaired) electrons. The van der Waals surface area contributed by atoms with Gasteiger partial charge in [0, 0.05) is 5.92 Å². The van der Waals surface area contributed by atoms with E-state index in [1.165, 1.54) is 38.9 Å². The molecule has 0 bridgehead atoms. The Morgan fingerprint density at radius 1 is 1.00 bits per heavy atom. The summed E-state index contributed by atoms with van der Waals surface area (Å²) in [5.74, 6) is 0.982. The maximum Gasteiger partial charge on any atom is 0.480 e. The predicted molar refractivity (Wildman–Crippen MR) is 77.6 cm³/mol. The van der Waals surface area contributed by atoms with Crippen molar-refractivity contribution in [3.63, 3.8) is 0 Å². The van der Waals surface area contributed by atoms with Crippen LogP contribution in [0.15, 0.2) is 0 Å². The van der Waals surface area contributed by atoms with E-state index >= 15 is 0 Å². The summed E-state index contributed by atoms with van der Waals surface area (Å²) >= 11 is 0. The third-order valence-corrected chi connectivity index (χ3v) is 5.99. The smallest absolute Gasteiger partial charge is 0.421 e. The number of nitrogens with zero attached hydrogens (tertiary/aromatic N) is 1. The van der Waals surface area contributed by atoms with Crippen molar-refractivity contribution in [2.45, 2.75) is 44.1 Å². The zero-order chi connectivity index (χ0) is 20.1. The summed E-state index contributed by atoms with van der Waals surface area (Å²) in [4.78, 5) is 1.83. The molecule has 0 aliphatic carbocycles. The number of rotatable bonds is 4. The number of quaternary nitrogens is 1. The highest BCUT2D eigenvalue weighted by Crippen LogP contribution is 2.36. The van der Waals surface area contributed by atoms with Gasteiger partial charge in [0.1, 0.15) is 0 Å². The predicted octanol–water partition coefficient (Wildman–Crippen LogP) is 1.77. The van der Waals surface area contributed by atoms with Crippen molar-refractivity contribution in [3.05, 3.63) is 4.13 Å². The van der Waals surface area contributed by atoms with Gasteiger partial charge < -0.3 is 9.03 Å². The van der Waals surface area contributed by atoms with Crippen LogP contribution in [-0.4, -0.2) is 47.5 Å². The Bertz CT molecular complexity index is 571. The zero-order valence-electron chi connectivity index (χ0n) is 13.5. The second-order valence-electron chi connectivity index (χ2n) is 5.62. The minimum atomic E-state index is -6.72. The summed E-state index contributed by atoms with van der Waals surface area (Å²) < 4.78 is 109. The molecule has 0 saturated carbocycles. The fraction of sp³-hybridized carbons (Fsp3) is 1.00. The summed E-state index contributed by atoms with van der Waals surface area (Å²) in [6.07, 6.45) is 4.27. The third kappa shape index (κ3) is 8.09. The van der Waals surface area contributed by atoms with Gasteiger partial charge in [-0.1, -0.05) is 13.8 Å². The average molecular weight is 422 g/mol. The number of hydrogen-bond acceptors (Lipinski definition) is 4. The molecule has 1 fully saturated rings. The number of sulfonamides is 2. The molecule has 0 aromatic heterocycles. The second-order valence-corrected chi connectivity index (χ2v) is 9.04. The molecule has 1 aliphatic rings. The van der Waals surface area contributed by atoms with Crippen LogP contribution in [0.2, 0.25) is 0 Å². The molecule has 0 amide bonds. The minimum absolute atomic E-state index is 0.778. The molecule has 2 atom stereocenters. The summed E-state index contributed by atoms with van der Waals surface area (Å²) in [6, 6.07) is 0. The van der Waals surface area contributed by atoms with Gasteiger partial charge in [0.25, 0.3) is 0 Å². The Morgan fingerprint density at radius 3 is 1.76 bits per heavy atom. The Morgan fingerprint density at radius 2 is 1.44 bits per heavy atom. The van der Waals surface area contributed by atoms with Crippen molar-refractivity contribution in [1.29, 1.82) is 0 Å². The molecule has 14 heteroatoms. The molecule has 0 aromatic carbocycles. The SMILES string of the molecule is CCC[NH+]1CCCC(C)C1.O=S(=O)([N-]S(=O)(=O)C(F)(F)F)C(F)(F)F. The molecule has 1 rings (SSSR count). The van der Waals surface area contributed by atoms with Crippen LogP contribution in [0.4, 0.5) is 26.3 Å². The number of likely N-dealkylation sites (tertiary alicyclic amines) is 1. The first kappa shape index (κ1) is 24.4. The second kappa shape index (κ2) is 8.86. The standard InChI is InChI=1S/C9H19N.C2F6NO4S2/c1-3-6-10-7-4-5-9(2)8-10;3-1(4,5)14(10,11)9-15(12,13)2(6,7)8/h9H,3-8H2,1-2H3;/q;-1/p+1. The van der Waals surface area contributed by atoms with Crippen LogP contribution in [0.25, 0.3) is 4.13 Å². The van der Waals surface area contributed by atoms with E-state index in [-0.39, 0.29) is 0 Å². The van der Waals surface area contributed by atoms with Gasteiger partial charge in [-0.25, -0.2) is 16.8 Å². The number of hydrogen-bond donors (Lipinski definition) is 1. The molecule has 1 aliphatic heterocycles. The van der Waals surface area contributed by atoms with Crippen LogP contribution >= 0.6 is 0 Å². The quantitative estimate of drug-likeness (QED) is 0.700. The lowest BCUT2D eigenvalue weighted by molar-refractivity contribution is -0.908. The van der Waals surface area contributed by atoms with Crippen LogP contribution in [0.1, 0.15) is 33.1 Å². The monoisotopic (exact) mass is 422 g/mol. The maximum absolute atomic E-state index is 11.4. The van der Waals surface area contributed by atoms with Crippen molar-refractivity contribution < 1.29 is 48.1 Å². The van der Waals surface area contributed by atoms with Crippen molar-refractivity contribution in [2.24, 2.45) is 5.92 Å². The van der Waals surface area contributed by atoms with Gasteiger partial charge in [-0.05, 0) is 19.3 Å². The Hall–Kier alpha value is -0.600. The van der Waals surface area contributed by atoms with Gasteiger partial charge >= 0.3 is 11.0 Å². The molecular formula is C11H20F6N2O4S2. The first-order valence-corrected chi connectivity index (χ1v) is 10.1. The number of nitrogens with one attached hydrogen (secondary N) is 1. The van der Waals surface area contributed by atoms with Gasteiger partial charge in [-0.2, -0.15) is 26.3 Å². The summed E-state index contributed by atoms with van der Waals surface area (Å²) in [5, 5.41) is 0. The number of piperidine rings is 1. The van der Waals surface area contributed by atoms with E-state index in [1.54, 1.807) is 0 Å². The molecule has 1 N–H and O–H groups in total. The molecule has 152 valence electrons. The lowest BCUT2D eigenvalue weighted by Gasteiger charge is -2.27. The first-order chi connectivity index (χ1) is 11.0. The summed E-state index contributed by atoms with van der Waals surface area (Å²) in [5.41, 5.74) is -12.4. The largest absolute Gasteiger partial charge is 0.480 e. The van der Waals surface area contributed by atoms with Crippen molar-refractivity contribution >= 4 is 20.0 Å². The van der Waals surface area contributed by atoms with Gasteiger partial charge in [0.05, 0.1) is 19.6 Å². The van der Waals surface area contributed by atoms with Gasteiger partial charge in [0.15, 0.2) is 20.0 Å². The highest BCUT2D eigenvalue weighted by Gasteiger charge is 2.46. The topological polar surface area (TPSA) is 86.8 Å². The average Bonchev–Trinajstić information content (AvgIpc) is 2.35. The van der Waals surface area contributed by atoms with Gasteiger partial charge in [-0.15, -0.1) is 0 Å². The fourth-order valence-corrected chi connectivity index (χ4v) is 3.90. The molecule has 1 saturated heterocycles. The number of halogens is 6. The molecule has 6 nitrogen and oxygen atoms in total. The summed E-state index contributed by atoms with van der Waals surface area (Å²) in [7, 11) is -13.4. The molecular weight excluding hydrogens is 402 g/mol. The van der Waals surface area contributed by atoms with E-state index < -0.39 is 31.1 Å². The molecule has 25 heavy (non-hydrogen) atoms. The van der Waals surface area contributed by atoms with E-state index in [9.17, 15) is 43.2 Å². The molecule has 0 aromatic rings. The van der Waals surface area contributed by atoms with E-state index in [0.717, 1.165) is 10.0 Å². The van der Waals surface area contributed by atoms with Crippen molar-refractivity contribution in [3.8, 4) is 0 Å². The maximum atomic E-state index is 11.4. The highest BCUT2D eigenvalue weighted by atomic mass is 32.3. The van der Waals surface area contributed by atoms with Crippen LogP contribution < -0.4 is 4.90 Å². The van der Waals surface area contributed by atoms with Crippen molar-refractivity contribution in [2.75, 3.05) is 19.6 Å². The molecule has 1 heterocycles.